The zero-order chi connectivity index (χ0) is 14.6. The number of amides is 1. The summed E-state index contributed by atoms with van der Waals surface area (Å²) in [4.78, 5) is 16.2. The number of benzene rings is 1. The zero-order valence-electron chi connectivity index (χ0n) is 12.4. The second-order valence-corrected chi connectivity index (χ2v) is 5.59. The first-order valence-corrected chi connectivity index (χ1v) is 7.38. The highest BCUT2D eigenvalue weighted by Crippen LogP contribution is 2.25. The second-order valence-electron chi connectivity index (χ2n) is 5.59. The van der Waals surface area contributed by atoms with Crippen molar-refractivity contribution in [1.29, 1.82) is 0 Å². The molecule has 20 heavy (non-hydrogen) atoms. The van der Waals surface area contributed by atoms with E-state index in [1.165, 1.54) is 0 Å². The number of anilines is 1. The van der Waals surface area contributed by atoms with Crippen LogP contribution in [0.4, 0.5) is 5.69 Å². The quantitative estimate of drug-likeness (QED) is 0.863. The number of rotatable bonds is 6. The third-order valence-corrected chi connectivity index (χ3v) is 3.80. The van der Waals surface area contributed by atoms with Crippen LogP contribution < -0.4 is 4.90 Å². The van der Waals surface area contributed by atoms with E-state index < -0.39 is 5.60 Å². The summed E-state index contributed by atoms with van der Waals surface area (Å²) < 4.78 is 0. The fourth-order valence-electron chi connectivity index (χ4n) is 2.91. The molecule has 0 radical (unpaired) electrons. The fraction of sp³-hybridized carbons (Fsp3) is 0.562. The predicted molar refractivity (Wildman–Crippen MR) is 80.8 cm³/mol. The molecule has 1 aromatic carbocycles. The summed E-state index contributed by atoms with van der Waals surface area (Å²) in [7, 11) is 0. The van der Waals surface area contributed by atoms with Gasteiger partial charge in [0.05, 0.1) is 12.1 Å². The van der Waals surface area contributed by atoms with Crippen LogP contribution >= 0.6 is 0 Å². The molecule has 0 atom stereocenters. The van der Waals surface area contributed by atoms with Gasteiger partial charge in [-0.1, -0.05) is 31.5 Å². The molecule has 0 saturated carbocycles. The van der Waals surface area contributed by atoms with Gasteiger partial charge in [-0.3, -0.25) is 9.69 Å². The normalized spacial score (nSPS) is 17.6. The lowest BCUT2D eigenvalue weighted by atomic mass is 9.89. The van der Waals surface area contributed by atoms with Crippen molar-refractivity contribution in [3.05, 3.63) is 30.3 Å². The molecule has 0 spiro atoms. The molecule has 4 nitrogen and oxygen atoms in total. The lowest BCUT2D eigenvalue weighted by Gasteiger charge is -2.46. The minimum atomic E-state index is -0.571. The summed E-state index contributed by atoms with van der Waals surface area (Å²) in [6, 6.07) is 9.72. The standard InChI is InChI=1S/C16H24N2O2/c1-3-10-16(20)12-17(13-16)11-15(19)18(4-2)14-8-6-5-7-9-14/h5-9,20H,3-4,10-13H2,1-2H3. The van der Waals surface area contributed by atoms with Gasteiger partial charge >= 0.3 is 0 Å². The molecule has 2 rings (SSSR count). The summed E-state index contributed by atoms with van der Waals surface area (Å²) in [5.74, 6) is 0.0947. The number of hydrogen-bond acceptors (Lipinski definition) is 3. The largest absolute Gasteiger partial charge is 0.387 e. The van der Waals surface area contributed by atoms with E-state index in [4.69, 9.17) is 0 Å². The molecule has 1 amide bonds. The Bertz CT molecular complexity index is 441. The van der Waals surface area contributed by atoms with Crippen molar-refractivity contribution >= 4 is 11.6 Å². The summed E-state index contributed by atoms with van der Waals surface area (Å²) in [6.45, 7) is 6.32. The Hall–Kier alpha value is -1.39. The number of β-amino-alcohol motifs (C(OH)–C–C–N with tert-alkyl or cyclic N) is 1. The van der Waals surface area contributed by atoms with Gasteiger partial charge < -0.3 is 10.0 Å². The molecule has 110 valence electrons. The van der Waals surface area contributed by atoms with E-state index in [2.05, 4.69) is 6.92 Å². The van der Waals surface area contributed by atoms with Crippen LogP contribution in [-0.4, -0.2) is 47.7 Å². The van der Waals surface area contributed by atoms with E-state index in [1.807, 2.05) is 42.2 Å². The average molecular weight is 276 g/mol. The molecule has 1 aliphatic heterocycles. The average Bonchev–Trinajstić information content (AvgIpc) is 2.39. The highest BCUT2D eigenvalue weighted by Gasteiger charge is 2.41. The molecule has 4 heteroatoms. The third-order valence-electron chi connectivity index (χ3n) is 3.80. The fourth-order valence-corrected chi connectivity index (χ4v) is 2.91. The molecule has 0 aromatic heterocycles. The van der Waals surface area contributed by atoms with Crippen molar-refractivity contribution in [2.45, 2.75) is 32.3 Å². The number of carbonyl (C=O) groups excluding carboxylic acids is 1. The minimum Gasteiger partial charge on any atom is -0.387 e. The first kappa shape index (κ1) is 15.0. The third kappa shape index (κ3) is 3.38. The van der Waals surface area contributed by atoms with E-state index >= 15 is 0 Å². The van der Waals surface area contributed by atoms with Crippen LogP contribution in [0.5, 0.6) is 0 Å². The van der Waals surface area contributed by atoms with Crippen LogP contribution in [0.3, 0.4) is 0 Å². The zero-order valence-corrected chi connectivity index (χ0v) is 12.4. The summed E-state index contributed by atoms with van der Waals surface area (Å²) in [5, 5.41) is 10.1. The summed E-state index contributed by atoms with van der Waals surface area (Å²) in [5.41, 5.74) is 0.364. The van der Waals surface area contributed by atoms with Gasteiger partial charge in [-0.05, 0) is 25.5 Å². The maximum atomic E-state index is 12.3. The van der Waals surface area contributed by atoms with Crippen LogP contribution in [0, 0.1) is 0 Å². The lowest BCUT2D eigenvalue weighted by Crippen LogP contribution is -2.63. The number of carbonyl (C=O) groups is 1. The molecule has 0 aliphatic carbocycles. The van der Waals surface area contributed by atoms with Gasteiger partial charge in [0.25, 0.3) is 0 Å². The van der Waals surface area contributed by atoms with Gasteiger partial charge in [0.15, 0.2) is 0 Å². The highest BCUT2D eigenvalue weighted by atomic mass is 16.3. The number of hydrogen-bond donors (Lipinski definition) is 1. The first-order chi connectivity index (χ1) is 9.58. The Morgan fingerprint density at radius 2 is 1.95 bits per heavy atom. The minimum absolute atomic E-state index is 0.0947. The Kier molecular flexibility index (Phi) is 4.78. The molecule has 1 aromatic rings. The van der Waals surface area contributed by atoms with Crippen LogP contribution in [0.15, 0.2) is 30.3 Å². The molecule has 1 fully saturated rings. The Morgan fingerprint density at radius 1 is 1.30 bits per heavy atom. The van der Waals surface area contributed by atoms with Crippen molar-refractivity contribution in [1.82, 2.24) is 4.90 Å². The van der Waals surface area contributed by atoms with Gasteiger partial charge in [0.2, 0.25) is 5.91 Å². The van der Waals surface area contributed by atoms with Gasteiger partial charge in [0.1, 0.15) is 0 Å². The van der Waals surface area contributed by atoms with Gasteiger partial charge in [-0.2, -0.15) is 0 Å². The molecule has 0 unspecified atom stereocenters. The maximum Gasteiger partial charge on any atom is 0.241 e. The van der Waals surface area contributed by atoms with E-state index in [9.17, 15) is 9.90 Å². The number of likely N-dealkylation sites (N-methyl/N-ethyl adjacent to an activating group) is 1. The monoisotopic (exact) mass is 276 g/mol. The summed E-state index contributed by atoms with van der Waals surface area (Å²) >= 11 is 0. The van der Waals surface area contributed by atoms with Gasteiger partial charge in [0, 0.05) is 25.3 Å². The predicted octanol–water partition coefficient (Wildman–Crippen LogP) is 1.89. The molecule has 1 aliphatic rings. The second kappa shape index (κ2) is 6.37. The Labute approximate surface area is 121 Å². The Morgan fingerprint density at radius 3 is 2.50 bits per heavy atom. The van der Waals surface area contributed by atoms with E-state index in [-0.39, 0.29) is 5.91 Å². The smallest absolute Gasteiger partial charge is 0.241 e. The molecule has 0 bridgehead atoms. The van der Waals surface area contributed by atoms with Crippen LogP contribution in [0.25, 0.3) is 0 Å². The molecular formula is C16H24N2O2. The SMILES string of the molecule is CCCC1(O)CN(CC(=O)N(CC)c2ccccc2)C1. The number of nitrogens with zero attached hydrogens (tertiary/aromatic N) is 2. The van der Waals surface area contributed by atoms with Crippen molar-refractivity contribution in [3.8, 4) is 0 Å². The van der Waals surface area contributed by atoms with E-state index in [1.54, 1.807) is 4.90 Å². The molecule has 1 saturated heterocycles. The van der Waals surface area contributed by atoms with E-state index in [0.717, 1.165) is 18.5 Å². The summed E-state index contributed by atoms with van der Waals surface area (Å²) in [6.07, 6.45) is 1.79. The lowest BCUT2D eigenvalue weighted by molar-refractivity contribution is -0.131. The van der Waals surface area contributed by atoms with Gasteiger partial charge in [-0.25, -0.2) is 0 Å². The van der Waals surface area contributed by atoms with Crippen molar-refractivity contribution in [2.24, 2.45) is 0 Å². The van der Waals surface area contributed by atoms with Crippen LogP contribution in [0.1, 0.15) is 26.7 Å². The van der Waals surface area contributed by atoms with E-state index in [0.29, 0.717) is 26.2 Å². The number of aliphatic hydroxyl groups is 1. The van der Waals surface area contributed by atoms with Crippen molar-refractivity contribution < 1.29 is 9.90 Å². The highest BCUT2D eigenvalue weighted by molar-refractivity contribution is 5.94. The molecular weight excluding hydrogens is 252 g/mol. The maximum absolute atomic E-state index is 12.3. The van der Waals surface area contributed by atoms with Gasteiger partial charge in [-0.15, -0.1) is 0 Å². The van der Waals surface area contributed by atoms with Crippen molar-refractivity contribution in [3.63, 3.8) is 0 Å². The number of para-hydroxylation sites is 1. The van der Waals surface area contributed by atoms with Crippen LogP contribution in [-0.2, 0) is 4.79 Å². The first-order valence-electron chi connectivity index (χ1n) is 7.38. The molecule has 1 N–H and O–H groups in total. The molecule has 1 heterocycles. The number of likely N-dealkylation sites (tertiary alicyclic amines) is 1. The van der Waals surface area contributed by atoms with Crippen molar-refractivity contribution in [2.75, 3.05) is 31.1 Å². The van der Waals surface area contributed by atoms with Crippen LogP contribution in [0.2, 0.25) is 0 Å². The Balaban J connectivity index is 1.89. The topological polar surface area (TPSA) is 43.8 Å².